The van der Waals surface area contributed by atoms with E-state index >= 15 is 0 Å². The molecule has 35 heavy (non-hydrogen) atoms. The molecule has 2 aromatic rings. The first-order chi connectivity index (χ1) is 16.5. The van der Waals surface area contributed by atoms with Gasteiger partial charge in [-0.1, -0.05) is 0 Å². The Labute approximate surface area is 200 Å². The van der Waals surface area contributed by atoms with Crippen molar-refractivity contribution in [3.8, 4) is 17.2 Å². The second-order valence-corrected chi connectivity index (χ2v) is 10.00. The van der Waals surface area contributed by atoms with Crippen molar-refractivity contribution >= 4 is 17.4 Å². The van der Waals surface area contributed by atoms with E-state index in [-0.39, 0.29) is 65.1 Å². The number of hydrogen-bond acceptors (Lipinski definition) is 9. The fraction of sp³-hybridized carbons (Fsp3) is 0.458. The predicted octanol–water partition coefficient (Wildman–Crippen LogP) is 2.02. The number of carbonyl (C=O) groups excluding carboxylic acids is 2. The van der Waals surface area contributed by atoms with Crippen LogP contribution in [0.25, 0.3) is 0 Å². The van der Waals surface area contributed by atoms with Gasteiger partial charge in [-0.25, -0.2) is 0 Å². The van der Waals surface area contributed by atoms with Crippen LogP contribution in [0.1, 0.15) is 48.7 Å². The number of hydrogen-bond donors (Lipinski definition) is 2. The third-order valence-electron chi connectivity index (χ3n) is 6.81. The number of aromatic nitrogens is 1. The second kappa shape index (κ2) is 8.28. The summed E-state index contributed by atoms with van der Waals surface area (Å²) in [6, 6.07) is 5.74. The molecule has 11 nitrogen and oxygen atoms in total. The number of ether oxygens (including phenoxy) is 2. The molecule has 1 saturated heterocycles. The molecule has 0 saturated carbocycles. The number of piperidine rings is 1. The monoisotopic (exact) mass is 484 g/mol. The van der Waals surface area contributed by atoms with E-state index in [0.717, 1.165) is 12.1 Å². The molecular weight excluding hydrogens is 458 g/mol. The van der Waals surface area contributed by atoms with E-state index in [1.807, 2.05) is 0 Å². The average molecular weight is 484 g/mol. The highest BCUT2D eigenvalue weighted by atomic mass is 16.8. The number of fused-ring (bicyclic) bond motifs is 5. The summed E-state index contributed by atoms with van der Waals surface area (Å²) in [4.78, 5) is 39.6. The Hall–Kier alpha value is -3.57. The Morgan fingerprint density at radius 3 is 2.77 bits per heavy atom. The van der Waals surface area contributed by atoms with Crippen molar-refractivity contribution in [2.24, 2.45) is 5.92 Å². The van der Waals surface area contributed by atoms with Gasteiger partial charge in [0.15, 0.2) is 12.4 Å². The molecule has 5 rings (SSSR count). The zero-order chi connectivity index (χ0) is 25.1. The number of nitrogens with zero attached hydrogens (tertiary/aromatic N) is 3. The lowest BCUT2D eigenvalue weighted by molar-refractivity contribution is -0.136. The van der Waals surface area contributed by atoms with Crippen LogP contribution >= 0.6 is 0 Å². The maximum atomic E-state index is 13.0. The molecule has 1 fully saturated rings. The second-order valence-electron chi connectivity index (χ2n) is 10.00. The molecule has 0 spiro atoms. The number of rotatable bonds is 4. The normalized spacial score (nSPS) is 22.1. The molecule has 1 amide bonds. The first kappa shape index (κ1) is 23.2. The van der Waals surface area contributed by atoms with Crippen molar-refractivity contribution in [3.63, 3.8) is 0 Å². The van der Waals surface area contributed by atoms with Crippen LogP contribution in [0.15, 0.2) is 29.1 Å². The van der Waals surface area contributed by atoms with Crippen LogP contribution in [-0.4, -0.2) is 56.8 Å². The quantitative estimate of drug-likeness (QED) is 0.623. The highest BCUT2D eigenvalue weighted by Crippen LogP contribution is 2.41. The van der Waals surface area contributed by atoms with Crippen LogP contribution in [0.2, 0.25) is 0 Å². The lowest BCUT2D eigenvalue weighted by atomic mass is 9.83. The zero-order valence-electron chi connectivity index (χ0n) is 19.4. The maximum Gasteiger partial charge on any atom is 0.275 e. The first-order valence-electron chi connectivity index (χ1n) is 11.4. The Balaban J connectivity index is 1.29. The maximum absolute atomic E-state index is 13.0. The molecule has 1 aromatic heterocycles. The van der Waals surface area contributed by atoms with E-state index in [2.05, 4.69) is 0 Å². The van der Waals surface area contributed by atoms with Crippen molar-refractivity contribution in [3.05, 3.63) is 51.1 Å². The van der Waals surface area contributed by atoms with Crippen molar-refractivity contribution in [2.45, 2.75) is 44.8 Å². The van der Waals surface area contributed by atoms with Crippen LogP contribution in [0.4, 0.5) is 5.69 Å². The van der Waals surface area contributed by atoms with Gasteiger partial charge in [0.05, 0.1) is 6.42 Å². The largest absolute Gasteiger partial charge is 0.733 e. The number of Topliss-reactive ketones (excluding diaryl/α,β-unsaturated/α-hetero) is 1. The number of benzene rings is 1. The van der Waals surface area contributed by atoms with Gasteiger partial charge in [0.2, 0.25) is 0 Å². The average Bonchev–Trinajstić information content (AvgIpc) is 2.76. The molecule has 3 aliphatic rings. The summed E-state index contributed by atoms with van der Waals surface area (Å²) in [5.41, 5.74) is -0.755. The van der Waals surface area contributed by atoms with Crippen LogP contribution in [-0.2, 0) is 11.3 Å². The minimum atomic E-state index is -0.710. The molecule has 186 valence electrons. The fourth-order valence-electron chi connectivity index (χ4n) is 5.35. The summed E-state index contributed by atoms with van der Waals surface area (Å²) in [6.07, 6.45) is 0.957. The summed E-state index contributed by atoms with van der Waals surface area (Å²) in [7, 11) is 0. The predicted molar refractivity (Wildman–Crippen MR) is 123 cm³/mol. The van der Waals surface area contributed by atoms with Gasteiger partial charge in [0, 0.05) is 43.4 Å². The first-order valence-corrected chi connectivity index (χ1v) is 11.4. The van der Waals surface area contributed by atoms with E-state index < -0.39 is 16.4 Å². The minimum absolute atomic E-state index is 0.0198. The number of anilines is 1. The molecule has 2 N–H and O–H groups in total. The zero-order valence-corrected chi connectivity index (χ0v) is 19.4. The molecule has 0 radical (unpaired) electrons. The number of carbonyl (C=O) groups is 2. The van der Waals surface area contributed by atoms with Gasteiger partial charge < -0.3 is 34.5 Å². The lowest BCUT2D eigenvalue weighted by Crippen LogP contribution is -2.50. The number of phenolic OH excluding ortho intramolecular Hbond substituents is 1. The number of phenols is 1. The number of pyridine rings is 1. The van der Waals surface area contributed by atoms with Crippen LogP contribution in [0, 0.1) is 11.1 Å². The van der Waals surface area contributed by atoms with Gasteiger partial charge in [-0.3, -0.25) is 19.6 Å². The smallest absolute Gasteiger partial charge is 0.275 e. The molecule has 0 aliphatic carbocycles. The molecule has 3 aliphatic heterocycles. The van der Waals surface area contributed by atoms with E-state index in [0.29, 0.717) is 19.6 Å². The summed E-state index contributed by atoms with van der Waals surface area (Å²) in [5.74, 6) is -0.339. The highest BCUT2D eigenvalue weighted by Gasteiger charge is 2.37. The van der Waals surface area contributed by atoms with E-state index in [1.165, 1.54) is 22.8 Å². The molecule has 2 unspecified atom stereocenters. The topological polar surface area (TPSA) is 145 Å². The van der Waals surface area contributed by atoms with Gasteiger partial charge in [0.25, 0.3) is 11.5 Å². The van der Waals surface area contributed by atoms with Crippen molar-refractivity contribution < 1.29 is 29.4 Å². The molecular formula is C24H26N3O8-. The molecule has 11 heteroatoms. The van der Waals surface area contributed by atoms with Crippen LogP contribution in [0.5, 0.6) is 17.2 Å². The van der Waals surface area contributed by atoms with E-state index in [9.17, 15) is 24.7 Å². The SMILES string of the molecule is CC1(C)CC(=O)c2c(O)cc(OCC(=O)N3CC4CC(C3)c3ccc(N([O-])O)c(=O)n3C4)cc2O1. The number of ketones is 1. The van der Waals surface area contributed by atoms with Crippen LogP contribution in [0.3, 0.4) is 0 Å². The standard InChI is InChI=1S/C24H26N3O8/c1-24(2)8-19(29)22-18(28)6-15(7-20(22)35-24)34-12-21(30)25-9-13-5-14(11-25)16-3-4-17(27(32)33)23(31)26(16)10-13/h3-4,6-7,13-14,28,32H,5,8-12H2,1-2H3/q-1. The summed E-state index contributed by atoms with van der Waals surface area (Å²) < 4.78 is 13.0. The fourth-order valence-corrected chi connectivity index (χ4v) is 5.35. The van der Waals surface area contributed by atoms with Crippen molar-refractivity contribution in [1.29, 1.82) is 0 Å². The molecule has 2 bridgehead atoms. The Bertz CT molecular complexity index is 1270. The Kier molecular flexibility index (Phi) is 5.48. The summed E-state index contributed by atoms with van der Waals surface area (Å²) >= 11 is 0. The van der Waals surface area contributed by atoms with E-state index in [4.69, 9.17) is 14.7 Å². The Morgan fingerprint density at radius 2 is 2.03 bits per heavy atom. The molecule has 2 atom stereocenters. The van der Waals surface area contributed by atoms with E-state index in [1.54, 1.807) is 24.8 Å². The number of amides is 1. The van der Waals surface area contributed by atoms with Gasteiger partial charge in [-0.2, -0.15) is 0 Å². The molecule has 1 aromatic carbocycles. The Morgan fingerprint density at radius 1 is 1.26 bits per heavy atom. The summed E-state index contributed by atoms with van der Waals surface area (Å²) in [5, 5.41) is 30.3. The third-order valence-corrected chi connectivity index (χ3v) is 6.81. The summed E-state index contributed by atoms with van der Waals surface area (Å²) in [6.45, 7) is 4.45. The van der Waals surface area contributed by atoms with Gasteiger partial charge in [0.1, 0.15) is 34.1 Å². The van der Waals surface area contributed by atoms with Crippen molar-refractivity contribution in [2.75, 3.05) is 24.9 Å². The van der Waals surface area contributed by atoms with Gasteiger partial charge >= 0.3 is 0 Å². The minimum Gasteiger partial charge on any atom is -0.733 e. The van der Waals surface area contributed by atoms with Crippen LogP contribution < -0.4 is 20.3 Å². The van der Waals surface area contributed by atoms with Crippen molar-refractivity contribution in [1.82, 2.24) is 9.47 Å². The molecule has 4 heterocycles. The highest BCUT2D eigenvalue weighted by molar-refractivity contribution is 6.03. The van der Waals surface area contributed by atoms with Gasteiger partial charge in [-0.15, -0.1) is 0 Å². The van der Waals surface area contributed by atoms with Gasteiger partial charge in [-0.05, 0) is 38.3 Å². The number of aromatic hydroxyl groups is 1. The lowest BCUT2D eigenvalue weighted by Gasteiger charge is -2.43. The third kappa shape index (κ3) is 4.21. The number of likely N-dealkylation sites (tertiary alicyclic amines) is 1.